The van der Waals surface area contributed by atoms with E-state index >= 15 is 0 Å². The second-order valence-corrected chi connectivity index (χ2v) is 0.447. The van der Waals surface area contributed by atoms with E-state index in [1.807, 2.05) is 0 Å². The number of rotatable bonds is 0. The second-order valence-electron chi connectivity index (χ2n) is 0.447. The van der Waals surface area contributed by atoms with E-state index in [-0.39, 0.29) is 43.9 Å². The molecule has 0 saturated carbocycles. The maximum absolute atomic E-state index is 8.25. The third-order valence-corrected chi connectivity index (χ3v) is 0. The first-order valence-corrected chi connectivity index (χ1v) is 1.10. The summed E-state index contributed by atoms with van der Waals surface area (Å²) in [7, 11) is 0. The second kappa shape index (κ2) is 15.8. The molecule has 0 rings (SSSR count). The van der Waals surface area contributed by atoms with Crippen LogP contribution in [0.15, 0.2) is 0 Å². The Kier molecular flexibility index (Phi) is 35.9. The third-order valence-electron chi connectivity index (χ3n) is 0. The molecular weight excluding hydrogens is 178 g/mol. The van der Waals surface area contributed by atoms with Crippen LogP contribution in [-0.4, -0.2) is 47.9 Å². The van der Waals surface area contributed by atoms with Gasteiger partial charge in [-0.05, 0) is 0 Å². The van der Waals surface area contributed by atoms with Crippen LogP contribution in [0.4, 0.5) is 0 Å². The van der Waals surface area contributed by atoms with Crippen LogP contribution in [0, 0.1) is 30.6 Å². The molecule has 0 aliphatic rings. The molecule has 0 unspecified atom stereocenters. The van der Waals surface area contributed by atoms with Crippen LogP contribution in [0.5, 0.6) is 0 Å². The molecule has 9 nitrogen and oxygen atoms in total. The summed E-state index contributed by atoms with van der Waals surface area (Å²) < 4.78 is 0. The summed E-state index contributed by atoms with van der Waals surface area (Å²) in [5.41, 5.74) is 0. The maximum Gasteiger partial charge on any atom is 2.00 e. The van der Waals surface area contributed by atoms with Gasteiger partial charge in [0.2, 0.25) is 0 Å². The molecule has 3 radical (unpaired) electrons. The molecule has 0 amide bonds. The minimum absolute atomic E-state index is 0. The van der Waals surface area contributed by atoms with Crippen molar-refractivity contribution in [2.24, 2.45) is 0 Å². The van der Waals surface area contributed by atoms with Crippen molar-refractivity contribution in [3.63, 3.8) is 0 Å². The van der Waals surface area contributed by atoms with E-state index in [1.165, 1.54) is 0 Å². The van der Waals surface area contributed by atoms with Gasteiger partial charge in [0.25, 0.3) is 0 Å². The smallest absolute Gasteiger partial charge is 0.356 e. The third kappa shape index (κ3) is 2310. The molecular formula is CaN3O6. The van der Waals surface area contributed by atoms with Gasteiger partial charge in [0, 0.05) is 6.15 Å². The van der Waals surface area contributed by atoms with Crippen LogP contribution in [0.1, 0.15) is 0 Å². The molecule has 0 aliphatic heterocycles. The molecule has 0 spiro atoms. The van der Waals surface area contributed by atoms with E-state index in [9.17, 15) is 0 Å². The molecule has 0 heterocycles. The van der Waals surface area contributed by atoms with Gasteiger partial charge in [0.1, 0.15) is 0 Å². The average molecular weight is 178 g/mol. The van der Waals surface area contributed by atoms with E-state index in [1.54, 1.807) is 0 Å². The average Bonchev–Trinajstić information content (AvgIpc) is 1.25. The van der Waals surface area contributed by atoms with Gasteiger partial charge in [0.15, 0.2) is 0 Å². The van der Waals surface area contributed by atoms with Crippen LogP contribution in [0.25, 0.3) is 0 Å². The Bertz CT molecular complexity index is 71.0. The Labute approximate surface area is 84.4 Å². The van der Waals surface area contributed by atoms with Crippen molar-refractivity contribution in [1.29, 1.82) is 0 Å². The summed E-state index contributed by atoms with van der Waals surface area (Å²) in [5.74, 6) is 0. The van der Waals surface area contributed by atoms with Crippen molar-refractivity contribution in [2.45, 2.75) is 0 Å². The standard InChI is InChI=1S/Ca.2NO3.N/c;2*2-1(3)4;/q+2;2*-1;. The van der Waals surface area contributed by atoms with Crippen molar-refractivity contribution < 1.29 is 10.2 Å². The topological polar surface area (TPSA) is 163 Å². The molecule has 0 atom stereocenters. The molecule has 0 fully saturated rings. The summed E-state index contributed by atoms with van der Waals surface area (Å²) in [6.07, 6.45) is 0. The zero-order chi connectivity index (χ0) is 7.15. The predicted molar refractivity (Wildman–Crippen MR) is 28.6 cm³/mol. The molecule has 0 N–H and O–H groups in total. The van der Waals surface area contributed by atoms with Crippen LogP contribution in [-0.2, 0) is 0 Å². The zero-order valence-corrected chi connectivity index (χ0v) is 6.71. The van der Waals surface area contributed by atoms with Gasteiger partial charge in [-0.1, -0.05) is 0 Å². The molecule has 53 valence electrons. The van der Waals surface area contributed by atoms with Gasteiger partial charge in [-0.2, -0.15) is 0 Å². The number of nitrogens with zero attached hydrogens (tertiary/aromatic N) is 3. The summed E-state index contributed by atoms with van der Waals surface area (Å²) in [4.78, 5) is 16.5. The van der Waals surface area contributed by atoms with E-state index in [0.717, 1.165) is 0 Å². The molecule has 0 aromatic rings. The fraction of sp³-hybridized carbons (Fsp3) is 0. The molecule has 10 heavy (non-hydrogen) atoms. The first-order chi connectivity index (χ1) is 3.46. The first-order valence-electron chi connectivity index (χ1n) is 1.10. The molecule has 0 aliphatic carbocycles. The van der Waals surface area contributed by atoms with Crippen LogP contribution >= 0.6 is 0 Å². The van der Waals surface area contributed by atoms with Crippen molar-refractivity contribution >= 4 is 37.7 Å². The number of hydrogen-bond donors (Lipinski definition) is 0. The summed E-state index contributed by atoms with van der Waals surface area (Å²) in [6.45, 7) is 0. The van der Waals surface area contributed by atoms with Gasteiger partial charge < -0.3 is 30.6 Å². The zero-order valence-electron chi connectivity index (χ0n) is 4.50. The summed E-state index contributed by atoms with van der Waals surface area (Å²) >= 11 is 0. The minimum Gasteiger partial charge on any atom is -0.356 e. The van der Waals surface area contributed by atoms with Crippen molar-refractivity contribution in [3.05, 3.63) is 30.6 Å². The summed E-state index contributed by atoms with van der Waals surface area (Å²) in [6, 6.07) is 0. The maximum atomic E-state index is 8.25. The van der Waals surface area contributed by atoms with E-state index < -0.39 is 10.2 Å². The molecule has 0 aromatic heterocycles. The van der Waals surface area contributed by atoms with Gasteiger partial charge in [-0.25, -0.2) is 0 Å². The fourth-order valence-electron chi connectivity index (χ4n) is 0. The molecule has 0 bridgehead atoms. The van der Waals surface area contributed by atoms with Crippen LogP contribution in [0.3, 0.4) is 0 Å². The SMILES string of the molecule is O=[N+]([O-])[O-].O=[N+]([O-])[O-].[Ca+2].[N]. The van der Waals surface area contributed by atoms with Gasteiger partial charge in [-0.3, -0.25) is 0 Å². The Morgan fingerprint density at radius 2 is 0.800 bits per heavy atom. The van der Waals surface area contributed by atoms with Gasteiger partial charge >= 0.3 is 37.7 Å². The van der Waals surface area contributed by atoms with Crippen molar-refractivity contribution in [2.75, 3.05) is 0 Å². The van der Waals surface area contributed by atoms with E-state index in [0.29, 0.717) is 0 Å². The predicted octanol–water partition coefficient (Wildman–Crippen LogP) is -1.34. The minimum atomic E-state index is -1.75. The Morgan fingerprint density at radius 1 is 0.800 bits per heavy atom. The van der Waals surface area contributed by atoms with E-state index in [2.05, 4.69) is 0 Å². The summed E-state index contributed by atoms with van der Waals surface area (Å²) in [5, 5.41) is 29.5. The van der Waals surface area contributed by atoms with Gasteiger partial charge in [0.05, 0.1) is 10.2 Å². The Morgan fingerprint density at radius 3 is 0.800 bits per heavy atom. The normalized spacial score (nSPS) is 4.80. The largest absolute Gasteiger partial charge is 2.00 e. The molecule has 0 saturated heterocycles. The quantitative estimate of drug-likeness (QED) is 0.253. The van der Waals surface area contributed by atoms with Crippen LogP contribution < -0.4 is 6.15 Å². The molecule has 0 aromatic carbocycles. The molecule has 10 heteroatoms. The Hall–Kier alpha value is -0.380. The van der Waals surface area contributed by atoms with Crippen molar-refractivity contribution in [3.8, 4) is 0 Å². The van der Waals surface area contributed by atoms with Crippen molar-refractivity contribution in [1.82, 2.24) is 6.15 Å². The van der Waals surface area contributed by atoms with Crippen LogP contribution in [0.2, 0.25) is 0 Å². The number of hydrogen-bond acceptors (Lipinski definition) is 6. The monoisotopic (exact) mass is 178 g/mol. The van der Waals surface area contributed by atoms with E-state index in [4.69, 9.17) is 30.6 Å². The van der Waals surface area contributed by atoms with Gasteiger partial charge in [-0.15, -0.1) is 0 Å². The fourth-order valence-corrected chi connectivity index (χ4v) is 0. The Balaban J connectivity index is -0.0000000300. The first kappa shape index (κ1) is 22.6.